The number of methoxy groups -OCH3 is 1. The maximum absolute atomic E-state index is 11.4. The Balaban J connectivity index is 2.03. The van der Waals surface area contributed by atoms with Crippen molar-refractivity contribution in [3.8, 4) is 0 Å². The molecule has 1 aromatic heterocycles. The van der Waals surface area contributed by atoms with Crippen molar-refractivity contribution in [1.82, 2.24) is 5.32 Å². The summed E-state index contributed by atoms with van der Waals surface area (Å²) in [6.45, 7) is 0.600. The van der Waals surface area contributed by atoms with E-state index in [4.69, 9.17) is 4.42 Å². The Morgan fingerprint density at radius 1 is 1.37 bits per heavy atom. The third-order valence-electron chi connectivity index (χ3n) is 2.53. The second-order valence-electron chi connectivity index (χ2n) is 4.03. The molecule has 0 aliphatic heterocycles. The lowest BCUT2D eigenvalue weighted by atomic mass is 10.2. The van der Waals surface area contributed by atoms with E-state index in [0.29, 0.717) is 18.7 Å². The van der Waals surface area contributed by atoms with Crippen LogP contribution in [0.2, 0.25) is 0 Å². The zero-order valence-electron chi connectivity index (χ0n) is 11.1. The van der Waals surface area contributed by atoms with Gasteiger partial charge in [-0.05, 0) is 31.1 Å². The summed E-state index contributed by atoms with van der Waals surface area (Å²) in [6, 6.07) is 3.54. The fourth-order valence-corrected chi connectivity index (χ4v) is 1.49. The van der Waals surface area contributed by atoms with Gasteiger partial charge in [0.25, 0.3) is 0 Å². The number of amides is 1. The number of unbranched alkanes of at least 4 members (excludes halogenated alkanes) is 2. The Bertz CT molecular complexity index is 409. The van der Waals surface area contributed by atoms with Crippen molar-refractivity contribution < 1.29 is 18.7 Å². The first kappa shape index (κ1) is 15.0. The van der Waals surface area contributed by atoms with Gasteiger partial charge >= 0.3 is 5.97 Å². The minimum atomic E-state index is -0.189. The smallest absolute Gasteiger partial charge is 0.305 e. The molecule has 0 aromatic carbocycles. The second-order valence-corrected chi connectivity index (χ2v) is 4.03. The van der Waals surface area contributed by atoms with E-state index < -0.39 is 0 Å². The van der Waals surface area contributed by atoms with Gasteiger partial charge in [-0.3, -0.25) is 9.59 Å². The van der Waals surface area contributed by atoms with Crippen LogP contribution in [0.15, 0.2) is 28.9 Å². The van der Waals surface area contributed by atoms with E-state index in [1.165, 1.54) is 13.2 Å². The van der Waals surface area contributed by atoms with Crippen LogP contribution in [0.1, 0.15) is 31.4 Å². The minimum absolute atomic E-state index is 0.149. The van der Waals surface area contributed by atoms with Gasteiger partial charge in [-0.2, -0.15) is 0 Å². The van der Waals surface area contributed by atoms with Gasteiger partial charge in [0.1, 0.15) is 5.76 Å². The molecule has 1 aromatic rings. The molecule has 5 heteroatoms. The molecule has 0 spiro atoms. The average Bonchev–Trinajstić information content (AvgIpc) is 2.93. The predicted molar refractivity (Wildman–Crippen MR) is 71.2 cm³/mol. The monoisotopic (exact) mass is 265 g/mol. The van der Waals surface area contributed by atoms with Gasteiger partial charge in [-0.15, -0.1) is 0 Å². The summed E-state index contributed by atoms with van der Waals surface area (Å²) in [7, 11) is 1.38. The van der Waals surface area contributed by atoms with E-state index in [0.717, 1.165) is 19.3 Å². The molecule has 0 atom stereocenters. The number of hydrogen-bond donors (Lipinski definition) is 1. The van der Waals surface area contributed by atoms with Gasteiger partial charge in [0.05, 0.1) is 13.4 Å². The van der Waals surface area contributed by atoms with E-state index in [1.807, 2.05) is 0 Å². The first-order chi connectivity index (χ1) is 9.22. The summed E-state index contributed by atoms with van der Waals surface area (Å²) >= 11 is 0. The zero-order chi connectivity index (χ0) is 13.9. The van der Waals surface area contributed by atoms with Crippen molar-refractivity contribution in [2.24, 2.45) is 0 Å². The maximum Gasteiger partial charge on any atom is 0.305 e. The van der Waals surface area contributed by atoms with Crippen molar-refractivity contribution in [3.05, 3.63) is 30.2 Å². The van der Waals surface area contributed by atoms with Crippen LogP contribution in [0, 0.1) is 0 Å². The van der Waals surface area contributed by atoms with Crippen LogP contribution in [-0.2, 0) is 14.3 Å². The number of esters is 1. The van der Waals surface area contributed by atoms with Gasteiger partial charge in [0.15, 0.2) is 0 Å². The Morgan fingerprint density at radius 2 is 2.21 bits per heavy atom. The third-order valence-corrected chi connectivity index (χ3v) is 2.53. The number of furan rings is 1. The lowest BCUT2D eigenvalue weighted by Crippen LogP contribution is -2.22. The minimum Gasteiger partial charge on any atom is -0.469 e. The fourth-order valence-electron chi connectivity index (χ4n) is 1.49. The lowest BCUT2D eigenvalue weighted by molar-refractivity contribution is -0.140. The summed E-state index contributed by atoms with van der Waals surface area (Å²) in [5.41, 5.74) is 0. The highest BCUT2D eigenvalue weighted by Crippen LogP contribution is 2.02. The van der Waals surface area contributed by atoms with Crippen molar-refractivity contribution >= 4 is 18.0 Å². The van der Waals surface area contributed by atoms with Crippen LogP contribution in [0.4, 0.5) is 0 Å². The van der Waals surface area contributed by atoms with Crippen LogP contribution < -0.4 is 5.32 Å². The number of rotatable bonds is 8. The van der Waals surface area contributed by atoms with Gasteiger partial charge in [0.2, 0.25) is 5.91 Å². The molecule has 0 saturated heterocycles. The number of carbonyl (C=O) groups is 2. The molecule has 0 unspecified atom stereocenters. The Hall–Kier alpha value is -2.04. The van der Waals surface area contributed by atoms with Crippen molar-refractivity contribution in [3.63, 3.8) is 0 Å². The van der Waals surface area contributed by atoms with E-state index in [2.05, 4.69) is 10.1 Å². The number of hydrogen-bond acceptors (Lipinski definition) is 4. The molecule has 1 amide bonds. The second kappa shape index (κ2) is 8.97. The molecule has 0 aliphatic rings. The maximum atomic E-state index is 11.4. The van der Waals surface area contributed by atoms with Crippen molar-refractivity contribution in [2.75, 3.05) is 13.7 Å². The van der Waals surface area contributed by atoms with E-state index >= 15 is 0 Å². The molecule has 5 nitrogen and oxygen atoms in total. The molecule has 1 rings (SSSR count). The summed E-state index contributed by atoms with van der Waals surface area (Å²) in [6.07, 6.45) is 7.56. The highest BCUT2D eigenvalue weighted by Gasteiger charge is 2.00. The molecule has 0 fully saturated rings. The number of nitrogens with one attached hydrogen (secondary N) is 1. The van der Waals surface area contributed by atoms with Crippen LogP contribution in [0.3, 0.4) is 0 Å². The summed E-state index contributed by atoms with van der Waals surface area (Å²) < 4.78 is 9.60. The summed E-state index contributed by atoms with van der Waals surface area (Å²) in [4.78, 5) is 22.3. The van der Waals surface area contributed by atoms with Gasteiger partial charge < -0.3 is 14.5 Å². The number of carbonyl (C=O) groups excluding carboxylic acids is 2. The number of ether oxygens (including phenoxy) is 1. The van der Waals surface area contributed by atoms with Gasteiger partial charge in [0, 0.05) is 19.0 Å². The molecular formula is C14H19NO4. The Labute approximate surface area is 112 Å². The molecular weight excluding hydrogens is 246 g/mol. The largest absolute Gasteiger partial charge is 0.469 e. The highest BCUT2D eigenvalue weighted by atomic mass is 16.5. The predicted octanol–water partition coefficient (Wildman–Crippen LogP) is 2.14. The van der Waals surface area contributed by atoms with Crippen LogP contribution >= 0.6 is 0 Å². The summed E-state index contributed by atoms with van der Waals surface area (Å²) in [5, 5.41) is 2.76. The molecule has 0 bridgehead atoms. The SMILES string of the molecule is COC(=O)CCCCCNC(=O)/C=C/c1ccco1. The molecule has 19 heavy (non-hydrogen) atoms. The molecule has 0 radical (unpaired) electrons. The topological polar surface area (TPSA) is 68.5 Å². The quantitative estimate of drug-likeness (QED) is 0.444. The summed E-state index contributed by atoms with van der Waals surface area (Å²) in [5.74, 6) is 0.308. The van der Waals surface area contributed by atoms with Crippen LogP contribution in [0.25, 0.3) is 6.08 Å². The molecule has 1 N–H and O–H groups in total. The molecule has 1 heterocycles. The average molecular weight is 265 g/mol. The van der Waals surface area contributed by atoms with Gasteiger partial charge in [-0.25, -0.2) is 0 Å². The molecule has 0 aliphatic carbocycles. The fraction of sp³-hybridized carbons (Fsp3) is 0.429. The lowest BCUT2D eigenvalue weighted by Gasteiger charge is -2.02. The Morgan fingerprint density at radius 3 is 2.89 bits per heavy atom. The normalized spacial score (nSPS) is 10.6. The molecule has 0 saturated carbocycles. The first-order valence-electron chi connectivity index (χ1n) is 6.28. The van der Waals surface area contributed by atoms with Crippen LogP contribution in [0.5, 0.6) is 0 Å². The third kappa shape index (κ3) is 7.08. The van der Waals surface area contributed by atoms with Crippen LogP contribution in [-0.4, -0.2) is 25.5 Å². The highest BCUT2D eigenvalue weighted by molar-refractivity contribution is 5.91. The van der Waals surface area contributed by atoms with E-state index in [1.54, 1.807) is 24.5 Å². The standard InChI is InChI=1S/C14H19NO4/c1-18-14(17)7-3-2-4-10-15-13(16)9-8-12-6-5-11-19-12/h5-6,8-9,11H,2-4,7,10H2,1H3,(H,15,16)/b9-8+. The van der Waals surface area contributed by atoms with E-state index in [9.17, 15) is 9.59 Å². The van der Waals surface area contributed by atoms with Gasteiger partial charge in [-0.1, -0.05) is 6.42 Å². The Kier molecular flexibility index (Phi) is 7.09. The van der Waals surface area contributed by atoms with E-state index in [-0.39, 0.29) is 11.9 Å². The van der Waals surface area contributed by atoms with Crippen molar-refractivity contribution in [2.45, 2.75) is 25.7 Å². The van der Waals surface area contributed by atoms with Crippen molar-refractivity contribution in [1.29, 1.82) is 0 Å². The molecule has 104 valence electrons. The zero-order valence-corrected chi connectivity index (χ0v) is 11.1. The first-order valence-corrected chi connectivity index (χ1v) is 6.28.